The summed E-state index contributed by atoms with van der Waals surface area (Å²) in [7, 11) is 1.88. The predicted molar refractivity (Wildman–Crippen MR) is 75.1 cm³/mol. The van der Waals surface area contributed by atoms with Crippen LogP contribution in [0.1, 0.15) is 19.8 Å². The van der Waals surface area contributed by atoms with Crippen molar-refractivity contribution in [2.45, 2.75) is 25.8 Å². The number of carbonyl (C=O) groups excluding carboxylic acids is 1. The molecule has 5 heteroatoms. The maximum absolute atomic E-state index is 12.3. The molecule has 110 valence electrons. The quantitative estimate of drug-likeness (QED) is 0.669. The first-order valence-electron chi connectivity index (χ1n) is 7.46. The molecule has 0 bridgehead atoms. The molecule has 1 saturated carbocycles. The fourth-order valence-electron chi connectivity index (χ4n) is 2.39. The third-order valence-electron chi connectivity index (χ3n) is 4.05. The second-order valence-electron chi connectivity index (χ2n) is 5.74. The number of amides is 1. The second kappa shape index (κ2) is 7.22. The number of carbonyl (C=O) groups is 1. The minimum Gasteiger partial charge on any atom is -0.379 e. The van der Waals surface area contributed by atoms with Crippen molar-refractivity contribution in [3.05, 3.63) is 0 Å². The van der Waals surface area contributed by atoms with E-state index in [4.69, 9.17) is 4.74 Å². The Balaban J connectivity index is 1.64. The lowest BCUT2D eigenvalue weighted by Crippen LogP contribution is -2.53. The van der Waals surface area contributed by atoms with E-state index >= 15 is 0 Å². The highest BCUT2D eigenvalue weighted by atomic mass is 16.5. The molecule has 0 aromatic carbocycles. The highest BCUT2D eigenvalue weighted by molar-refractivity contribution is 5.81. The number of ether oxygens (including phenoxy) is 1. The third-order valence-corrected chi connectivity index (χ3v) is 4.05. The molecule has 1 amide bonds. The lowest BCUT2D eigenvalue weighted by molar-refractivity contribution is -0.136. The first-order valence-corrected chi connectivity index (χ1v) is 7.46. The summed E-state index contributed by atoms with van der Waals surface area (Å²) in [5, 5.41) is 3.31. The average Bonchev–Trinajstić information content (AvgIpc) is 3.27. The number of likely N-dealkylation sites (N-methyl/N-ethyl adjacent to an activating group) is 1. The number of hydrogen-bond acceptors (Lipinski definition) is 4. The number of piperazine rings is 1. The van der Waals surface area contributed by atoms with Crippen LogP contribution in [0.4, 0.5) is 0 Å². The molecule has 2 fully saturated rings. The zero-order valence-electron chi connectivity index (χ0n) is 12.2. The van der Waals surface area contributed by atoms with Crippen molar-refractivity contribution in [1.29, 1.82) is 0 Å². The molecular weight excluding hydrogens is 242 g/mol. The zero-order valence-corrected chi connectivity index (χ0v) is 12.2. The van der Waals surface area contributed by atoms with Crippen LogP contribution in [0.25, 0.3) is 0 Å². The van der Waals surface area contributed by atoms with E-state index in [1.807, 2.05) is 14.0 Å². The minimum absolute atomic E-state index is 0.0180. The van der Waals surface area contributed by atoms with Gasteiger partial charge in [-0.05, 0) is 25.7 Å². The molecule has 2 rings (SSSR count). The van der Waals surface area contributed by atoms with Gasteiger partial charge < -0.3 is 15.0 Å². The highest BCUT2D eigenvalue weighted by Crippen LogP contribution is 2.28. The van der Waals surface area contributed by atoms with E-state index in [0.717, 1.165) is 38.7 Å². The van der Waals surface area contributed by atoms with E-state index < -0.39 is 0 Å². The van der Waals surface area contributed by atoms with Gasteiger partial charge >= 0.3 is 0 Å². The molecule has 1 aliphatic carbocycles. The lowest BCUT2D eigenvalue weighted by atomic mass is 10.2. The Bertz CT molecular complexity index is 288. The minimum atomic E-state index is -0.0180. The summed E-state index contributed by atoms with van der Waals surface area (Å²) in [4.78, 5) is 16.3. The molecule has 1 atom stereocenters. The fourth-order valence-corrected chi connectivity index (χ4v) is 2.39. The zero-order chi connectivity index (χ0) is 13.7. The number of nitrogens with zero attached hydrogens (tertiary/aromatic N) is 2. The van der Waals surface area contributed by atoms with Crippen LogP contribution < -0.4 is 5.32 Å². The van der Waals surface area contributed by atoms with Crippen molar-refractivity contribution in [1.82, 2.24) is 15.1 Å². The molecule has 1 unspecified atom stereocenters. The summed E-state index contributed by atoms with van der Waals surface area (Å²) in [5.41, 5.74) is 0. The lowest BCUT2D eigenvalue weighted by Gasteiger charge is -2.34. The van der Waals surface area contributed by atoms with Crippen LogP contribution in [-0.2, 0) is 9.53 Å². The van der Waals surface area contributed by atoms with Crippen LogP contribution in [0.5, 0.6) is 0 Å². The molecule has 0 spiro atoms. The van der Waals surface area contributed by atoms with Gasteiger partial charge in [0.2, 0.25) is 5.91 Å². The smallest absolute Gasteiger partial charge is 0.239 e. The fraction of sp³-hybridized carbons (Fsp3) is 0.929. The Labute approximate surface area is 116 Å². The van der Waals surface area contributed by atoms with Crippen LogP contribution in [0, 0.1) is 5.92 Å². The van der Waals surface area contributed by atoms with E-state index in [1.54, 1.807) is 4.90 Å². The SMILES string of the molecule is CC(C(=O)N(C)CCOCC1CC1)N1CCNCC1. The van der Waals surface area contributed by atoms with Crippen LogP contribution in [0.15, 0.2) is 0 Å². The average molecular weight is 269 g/mol. The highest BCUT2D eigenvalue weighted by Gasteiger charge is 2.25. The molecule has 19 heavy (non-hydrogen) atoms. The Hall–Kier alpha value is -0.650. The van der Waals surface area contributed by atoms with Gasteiger partial charge in [0.15, 0.2) is 0 Å². The van der Waals surface area contributed by atoms with E-state index in [9.17, 15) is 4.79 Å². The summed E-state index contributed by atoms with van der Waals surface area (Å²) in [6.07, 6.45) is 2.63. The van der Waals surface area contributed by atoms with E-state index in [2.05, 4.69) is 10.2 Å². The monoisotopic (exact) mass is 269 g/mol. The normalized spacial score (nSPS) is 22.2. The van der Waals surface area contributed by atoms with E-state index in [1.165, 1.54) is 12.8 Å². The molecular formula is C14H27N3O2. The number of rotatable bonds is 7. The van der Waals surface area contributed by atoms with Crippen LogP contribution in [0.2, 0.25) is 0 Å². The Kier molecular flexibility index (Phi) is 5.60. The van der Waals surface area contributed by atoms with Gasteiger partial charge in [-0.1, -0.05) is 0 Å². The molecule has 1 heterocycles. The molecule has 1 N–H and O–H groups in total. The van der Waals surface area contributed by atoms with Crippen molar-refractivity contribution in [2.75, 3.05) is 53.0 Å². The van der Waals surface area contributed by atoms with Crippen molar-refractivity contribution >= 4 is 5.91 Å². The summed E-state index contributed by atoms with van der Waals surface area (Å²) in [6.45, 7) is 8.11. The maximum Gasteiger partial charge on any atom is 0.239 e. The van der Waals surface area contributed by atoms with Gasteiger partial charge in [-0.15, -0.1) is 0 Å². The first kappa shape index (κ1) is 14.8. The standard InChI is InChI=1S/C14H27N3O2/c1-12(17-7-5-15-6-8-17)14(18)16(2)9-10-19-11-13-3-4-13/h12-13,15H,3-11H2,1-2H3. The van der Waals surface area contributed by atoms with E-state index in [-0.39, 0.29) is 11.9 Å². The van der Waals surface area contributed by atoms with Gasteiger partial charge in [-0.2, -0.15) is 0 Å². The largest absolute Gasteiger partial charge is 0.379 e. The summed E-state index contributed by atoms with van der Waals surface area (Å²) in [5.74, 6) is 0.998. The topological polar surface area (TPSA) is 44.8 Å². The Morgan fingerprint density at radius 1 is 1.42 bits per heavy atom. The second-order valence-corrected chi connectivity index (χ2v) is 5.74. The van der Waals surface area contributed by atoms with Gasteiger partial charge in [0.05, 0.1) is 12.6 Å². The van der Waals surface area contributed by atoms with Crippen LogP contribution in [0.3, 0.4) is 0 Å². The molecule has 1 saturated heterocycles. The van der Waals surface area contributed by atoms with Crippen LogP contribution in [-0.4, -0.2) is 74.7 Å². The van der Waals surface area contributed by atoms with Crippen molar-refractivity contribution < 1.29 is 9.53 Å². The Morgan fingerprint density at radius 2 is 2.11 bits per heavy atom. The van der Waals surface area contributed by atoms with Crippen molar-refractivity contribution in [3.8, 4) is 0 Å². The molecule has 5 nitrogen and oxygen atoms in total. The van der Waals surface area contributed by atoms with Gasteiger partial charge in [-0.3, -0.25) is 9.69 Å². The predicted octanol–water partition coefficient (Wildman–Crippen LogP) is 0.165. The number of hydrogen-bond donors (Lipinski definition) is 1. The van der Waals surface area contributed by atoms with Crippen molar-refractivity contribution in [2.24, 2.45) is 5.92 Å². The molecule has 2 aliphatic rings. The maximum atomic E-state index is 12.3. The number of nitrogens with one attached hydrogen (secondary N) is 1. The van der Waals surface area contributed by atoms with Crippen molar-refractivity contribution in [3.63, 3.8) is 0 Å². The van der Waals surface area contributed by atoms with E-state index in [0.29, 0.717) is 13.2 Å². The van der Waals surface area contributed by atoms with Crippen LogP contribution >= 0.6 is 0 Å². The molecule has 0 radical (unpaired) electrons. The summed E-state index contributed by atoms with van der Waals surface area (Å²) in [6, 6.07) is -0.0180. The van der Waals surface area contributed by atoms with Gasteiger partial charge in [0.1, 0.15) is 0 Å². The van der Waals surface area contributed by atoms with Gasteiger partial charge in [-0.25, -0.2) is 0 Å². The first-order chi connectivity index (χ1) is 9.18. The van der Waals surface area contributed by atoms with Gasteiger partial charge in [0.25, 0.3) is 0 Å². The molecule has 0 aromatic heterocycles. The summed E-state index contributed by atoms with van der Waals surface area (Å²) >= 11 is 0. The third kappa shape index (κ3) is 4.75. The molecule has 0 aromatic rings. The van der Waals surface area contributed by atoms with Gasteiger partial charge in [0, 0.05) is 46.4 Å². The molecule has 1 aliphatic heterocycles. The summed E-state index contributed by atoms with van der Waals surface area (Å²) < 4.78 is 5.59. The Morgan fingerprint density at radius 3 is 2.74 bits per heavy atom.